The average Bonchev–Trinajstić information content (AvgIpc) is 3.72. The molecule has 1 aliphatic heterocycles. The second-order valence-electron chi connectivity index (χ2n) is 8.89. The van der Waals surface area contributed by atoms with E-state index in [0.29, 0.717) is 46.6 Å². The number of amides is 1. The zero-order chi connectivity index (χ0) is 25.9. The van der Waals surface area contributed by atoms with Gasteiger partial charge in [-0.1, -0.05) is 23.4 Å². The number of rotatable bonds is 9. The minimum absolute atomic E-state index is 0.0853. The van der Waals surface area contributed by atoms with E-state index in [2.05, 4.69) is 30.8 Å². The molecule has 0 unspecified atom stereocenters. The number of hydrogen-bond acceptors (Lipinski definition) is 10. The van der Waals surface area contributed by atoms with E-state index in [0.717, 1.165) is 30.2 Å². The first-order valence-corrected chi connectivity index (χ1v) is 12.3. The maximum absolute atomic E-state index is 12.4. The van der Waals surface area contributed by atoms with E-state index in [1.165, 1.54) is 0 Å². The van der Waals surface area contributed by atoms with E-state index in [-0.39, 0.29) is 25.2 Å². The summed E-state index contributed by atoms with van der Waals surface area (Å²) in [6.45, 7) is 1.69. The second-order valence-corrected chi connectivity index (χ2v) is 8.89. The highest BCUT2D eigenvalue weighted by Gasteiger charge is 2.20. The fourth-order valence-electron chi connectivity index (χ4n) is 4.35. The number of carbonyl (C=O) groups is 1. The molecule has 38 heavy (non-hydrogen) atoms. The number of fused-ring (bicyclic) bond motifs is 3. The third-order valence-electron chi connectivity index (χ3n) is 6.26. The normalized spacial score (nSPS) is 15.3. The third-order valence-corrected chi connectivity index (χ3v) is 6.26. The molecule has 4 aromatic heterocycles. The molecule has 5 aromatic rings. The Kier molecular flexibility index (Phi) is 6.63. The zero-order valence-corrected chi connectivity index (χ0v) is 20.7. The number of benzene rings is 1. The molecule has 5 heterocycles. The molecule has 1 atom stereocenters. The molecule has 1 amide bonds. The molecule has 0 spiro atoms. The molecule has 0 bridgehead atoms. The fourth-order valence-corrected chi connectivity index (χ4v) is 4.35. The van der Waals surface area contributed by atoms with Crippen LogP contribution in [-0.4, -0.2) is 62.2 Å². The van der Waals surface area contributed by atoms with Crippen molar-refractivity contribution in [1.29, 1.82) is 0 Å². The topological polar surface area (TPSA) is 139 Å². The van der Waals surface area contributed by atoms with Gasteiger partial charge in [0.15, 0.2) is 17.1 Å². The Labute approximate surface area is 216 Å². The summed E-state index contributed by atoms with van der Waals surface area (Å²) in [5.74, 6) is 1.18. The van der Waals surface area contributed by atoms with Crippen LogP contribution in [0, 0.1) is 0 Å². The Hall–Kier alpha value is -4.42. The monoisotopic (exact) mass is 515 g/mol. The van der Waals surface area contributed by atoms with Gasteiger partial charge in [0.2, 0.25) is 11.7 Å². The Morgan fingerprint density at radius 2 is 2.05 bits per heavy atom. The summed E-state index contributed by atoms with van der Waals surface area (Å²) < 4.78 is 23.7. The molecule has 0 aliphatic carbocycles. The summed E-state index contributed by atoms with van der Waals surface area (Å²) in [5.41, 5.74) is 2.17. The third kappa shape index (κ3) is 4.78. The summed E-state index contributed by atoms with van der Waals surface area (Å²) in [6.07, 6.45) is 3.62. The average molecular weight is 516 g/mol. The fraction of sp³-hybridized carbons (Fsp3) is 0.308. The van der Waals surface area contributed by atoms with Gasteiger partial charge in [0.1, 0.15) is 13.2 Å². The Morgan fingerprint density at radius 3 is 2.84 bits per heavy atom. The van der Waals surface area contributed by atoms with Crippen molar-refractivity contribution < 1.29 is 23.5 Å². The van der Waals surface area contributed by atoms with E-state index in [9.17, 15) is 4.79 Å². The number of nitrogens with zero attached hydrogens (tertiary/aromatic N) is 6. The molecule has 6 rings (SSSR count). The van der Waals surface area contributed by atoms with Gasteiger partial charge < -0.3 is 24.1 Å². The summed E-state index contributed by atoms with van der Waals surface area (Å²) in [4.78, 5) is 16.8. The van der Waals surface area contributed by atoms with Crippen molar-refractivity contribution in [2.75, 3.05) is 20.3 Å². The highest BCUT2D eigenvalue weighted by Crippen LogP contribution is 2.29. The highest BCUT2D eigenvalue weighted by molar-refractivity contribution is 5.97. The molecule has 0 saturated carbocycles. The van der Waals surface area contributed by atoms with Crippen LogP contribution >= 0.6 is 0 Å². The van der Waals surface area contributed by atoms with Crippen LogP contribution in [0.3, 0.4) is 0 Å². The standard InChI is InChI=1S/C26H25N7O5/c1-35-15-19-11-22(32-38-19)24-30-29-23-20-6-2-3-7-21(20)26(31-33(23)24)37-14-17-9-8-16(12-27-17)25(34)28-13-18-5-4-10-36-18/h2-3,6-9,11-12,18H,4-5,10,13-15H2,1H3,(H,28,34)/t18-/m0/s1. The van der Waals surface area contributed by atoms with Gasteiger partial charge >= 0.3 is 0 Å². The maximum atomic E-state index is 12.4. The van der Waals surface area contributed by atoms with Crippen LogP contribution in [0.25, 0.3) is 27.9 Å². The predicted molar refractivity (Wildman–Crippen MR) is 134 cm³/mol. The summed E-state index contributed by atoms with van der Waals surface area (Å²) in [7, 11) is 1.58. The van der Waals surface area contributed by atoms with E-state index in [1.807, 2.05) is 24.3 Å². The molecule has 12 heteroatoms. The molecule has 1 saturated heterocycles. The van der Waals surface area contributed by atoms with Gasteiger partial charge in [-0.05, 0) is 31.0 Å². The van der Waals surface area contributed by atoms with Gasteiger partial charge in [-0.25, -0.2) is 0 Å². The van der Waals surface area contributed by atoms with Crippen LogP contribution in [0.2, 0.25) is 0 Å². The molecular weight excluding hydrogens is 490 g/mol. The minimum Gasteiger partial charge on any atom is -0.470 e. The number of carbonyl (C=O) groups excluding carboxylic acids is 1. The smallest absolute Gasteiger partial charge is 0.252 e. The van der Waals surface area contributed by atoms with Crippen LogP contribution in [0.5, 0.6) is 5.88 Å². The lowest BCUT2D eigenvalue weighted by Crippen LogP contribution is -2.31. The van der Waals surface area contributed by atoms with Crippen LogP contribution in [0.1, 0.15) is 34.7 Å². The van der Waals surface area contributed by atoms with Crippen molar-refractivity contribution >= 4 is 22.3 Å². The van der Waals surface area contributed by atoms with Crippen molar-refractivity contribution in [3.05, 3.63) is 65.7 Å². The van der Waals surface area contributed by atoms with Crippen LogP contribution < -0.4 is 10.1 Å². The molecule has 1 aromatic carbocycles. The SMILES string of the molecule is COCc1cc(-c2nnc3c4ccccc4c(OCc4ccc(C(=O)NC[C@@H]5CCCO5)cn4)nn23)no1. The van der Waals surface area contributed by atoms with Crippen molar-refractivity contribution in [3.63, 3.8) is 0 Å². The first-order chi connectivity index (χ1) is 18.7. The Bertz CT molecular complexity index is 1570. The van der Waals surface area contributed by atoms with Crippen LogP contribution in [0.15, 0.2) is 53.2 Å². The summed E-state index contributed by atoms with van der Waals surface area (Å²) in [5, 5.41) is 21.9. The van der Waals surface area contributed by atoms with Crippen molar-refractivity contribution in [2.24, 2.45) is 0 Å². The van der Waals surface area contributed by atoms with Crippen molar-refractivity contribution in [1.82, 2.24) is 35.3 Å². The van der Waals surface area contributed by atoms with E-state index in [4.69, 9.17) is 18.7 Å². The largest absolute Gasteiger partial charge is 0.470 e. The Morgan fingerprint density at radius 1 is 1.16 bits per heavy atom. The van der Waals surface area contributed by atoms with Crippen molar-refractivity contribution in [2.45, 2.75) is 32.2 Å². The van der Waals surface area contributed by atoms with Gasteiger partial charge in [-0.2, -0.15) is 4.52 Å². The molecular formula is C26H25N7O5. The lowest BCUT2D eigenvalue weighted by molar-refractivity contribution is 0.0857. The molecule has 1 aliphatic rings. The van der Waals surface area contributed by atoms with Crippen molar-refractivity contribution in [3.8, 4) is 17.4 Å². The number of pyridine rings is 1. The lowest BCUT2D eigenvalue weighted by atomic mass is 10.2. The molecule has 1 N–H and O–H groups in total. The number of nitrogens with one attached hydrogen (secondary N) is 1. The van der Waals surface area contributed by atoms with Gasteiger partial charge in [0, 0.05) is 43.3 Å². The predicted octanol–water partition coefficient (Wildman–Crippen LogP) is 2.96. The van der Waals surface area contributed by atoms with Gasteiger partial charge in [-0.15, -0.1) is 15.3 Å². The van der Waals surface area contributed by atoms with Crippen LogP contribution in [-0.2, 0) is 22.7 Å². The molecule has 12 nitrogen and oxygen atoms in total. The number of aromatic nitrogens is 6. The minimum atomic E-state index is -0.180. The number of methoxy groups -OCH3 is 1. The van der Waals surface area contributed by atoms with Gasteiger partial charge in [0.05, 0.1) is 17.4 Å². The molecule has 194 valence electrons. The zero-order valence-electron chi connectivity index (χ0n) is 20.7. The van der Waals surface area contributed by atoms with E-state index < -0.39 is 0 Å². The van der Waals surface area contributed by atoms with Gasteiger partial charge in [-0.3, -0.25) is 9.78 Å². The summed E-state index contributed by atoms with van der Waals surface area (Å²) in [6, 6.07) is 12.9. The summed E-state index contributed by atoms with van der Waals surface area (Å²) >= 11 is 0. The quantitative estimate of drug-likeness (QED) is 0.312. The second kappa shape index (κ2) is 10.5. The van der Waals surface area contributed by atoms with Gasteiger partial charge in [0.25, 0.3) is 5.91 Å². The molecule has 1 fully saturated rings. The number of ether oxygens (including phenoxy) is 3. The lowest BCUT2D eigenvalue weighted by Gasteiger charge is -2.11. The van der Waals surface area contributed by atoms with E-state index >= 15 is 0 Å². The maximum Gasteiger partial charge on any atom is 0.252 e. The number of hydrogen-bond donors (Lipinski definition) is 1. The molecule has 0 radical (unpaired) electrons. The first-order valence-electron chi connectivity index (χ1n) is 12.3. The van der Waals surface area contributed by atoms with E-state index in [1.54, 1.807) is 36.0 Å². The Balaban J connectivity index is 1.22. The highest BCUT2D eigenvalue weighted by atomic mass is 16.5. The first kappa shape index (κ1) is 23.9. The van der Waals surface area contributed by atoms with Crippen LogP contribution in [0.4, 0.5) is 0 Å².